The second-order valence-electron chi connectivity index (χ2n) is 5.31. The van der Waals surface area contributed by atoms with E-state index < -0.39 is 0 Å². The monoisotopic (exact) mass is 347 g/mol. The third kappa shape index (κ3) is 3.22. The first-order valence-electron chi connectivity index (χ1n) is 7.01. The number of nitrogens with one attached hydrogen (secondary N) is 1. The molecule has 0 aliphatic carbocycles. The van der Waals surface area contributed by atoms with Gasteiger partial charge in [0, 0.05) is 17.1 Å². The molecule has 0 bridgehead atoms. The summed E-state index contributed by atoms with van der Waals surface area (Å²) in [5.41, 5.74) is 3.74. The highest BCUT2D eigenvalue weighted by Gasteiger charge is 2.16. The van der Waals surface area contributed by atoms with Crippen molar-refractivity contribution in [3.8, 4) is 11.5 Å². The maximum Gasteiger partial charge on any atom is 0.231 e. The summed E-state index contributed by atoms with van der Waals surface area (Å²) >= 11 is 3.59. The van der Waals surface area contributed by atoms with Crippen molar-refractivity contribution >= 4 is 15.9 Å². The summed E-state index contributed by atoms with van der Waals surface area (Å²) in [6, 6.07) is 12.9. The van der Waals surface area contributed by atoms with Gasteiger partial charge in [0.25, 0.3) is 0 Å². The Morgan fingerprint density at radius 3 is 2.52 bits per heavy atom. The van der Waals surface area contributed by atoms with Crippen LogP contribution in [0.4, 0.5) is 0 Å². The van der Waals surface area contributed by atoms with E-state index in [-0.39, 0.29) is 0 Å². The van der Waals surface area contributed by atoms with Gasteiger partial charge in [-0.2, -0.15) is 0 Å². The van der Waals surface area contributed by atoms with Crippen molar-refractivity contribution in [1.29, 1.82) is 0 Å². The minimum absolute atomic E-state index is 0.294. The molecule has 0 unspecified atom stereocenters. The Kier molecular flexibility index (Phi) is 4.17. The van der Waals surface area contributed by atoms with Crippen molar-refractivity contribution in [1.82, 2.24) is 5.32 Å². The van der Waals surface area contributed by atoms with Crippen LogP contribution in [0.2, 0.25) is 0 Å². The molecule has 3 rings (SSSR count). The van der Waals surface area contributed by atoms with Crippen LogP contribution in [0.25, 0.3) is 0 Å². The van der Waals surface area contributed by atoms with Crippen LogP contribution >= 0.6 is 15.9 Å². The van der Waals surface area contributed by atoms with E-state index in [1.165, 1.54) is 16.7 Å². The van der Waals surface area contributed by atoms with Crippen molar-refractivity contribution < 1.29 is 9.47 Å². The van der Waals surface area contributed by atoms with E-state index in [2.05, 4.69) is 59.4 Å². The minimum atomic E-state index is 0.294. The molecule has 0 fully saturated rings. The summed E-state index contributed by atoms with van der Waals surface area (Å²) in [4.78, 5) is 0. The van der Waals surface area contributed by atoms with Gasteiger partial charge >= 0.3 is 0 Å². The van der Waals surface area contributed by atoms with Crippen LogP contribution in [0, 0.1) is 6.92 Å². The lowest BCUT2D eigenvalue weighted by molar-refractivity contribution is 0.174. The number of ether oxygens (including phenoxy) is 2. The van der Waals surface area contributed by atoms with E-state index in [1.54, 1.807) is 0 Å². The molecule has 2 aromatic rings. The Bertz CT molecular complexity index is 640. The third-order valence-corrected chi connectivity index (χ3v) is 4.46. The van der Waals surface area contributed by atoms with Gasteiger partial charge in [0.1, 0.15) is 0 Å². The summed E-state index contributed by atoms with van der Waals surface area (Å²) in [6.45, 7) is 5.35. The molecule has 1 heterocycles. The van der Waals surface area contributed by atoms with Gasteiger partial charge in [-0.05, 0) is 37.1 Å². The van der Waals surface area contributed by atoms with E-state index in [1.807, 2.05) is 12.1 Å². The minimum Gasteiger partial charge on any atom is -0.454 e. The molecular weight excluding hydrogens is 330 g/mol. The van der Waals surface area contributed by atoms with Crippen LogP contribution in [0.3, 0.4) is 0 Å². The average molecular weight is 348 g/mol. The van der Waals surface area contributed by atoms with Gasteiger partial charge in [-0.25, -0.2) is 0 Å². The molecule has 0 spiro atoms. The first kappa shape index (κ1) is 14.4. The van der Waals surface area contributed by atoms with E-state index >= 15 is 0 Å². The zero-order valence-electron chi connectivity index (χ0n) is 12.2. The van der Waals surface area contributed by atoms with Crippen LogP contribution in [-0.2, 0) is 6.54 Å². The quantitative estimate of drug-likeness (QED) is 0.892. The number of aryl methyl sites for hydroxylation is 1. The van der Waals surface area contributed by atoms with Crippen molar-refractivity contribution in [3.63, 3.8) is 0 Å². The van der Waals surface area contributed by atoms with Gasteiger partial charge in [0.2, 0.25) is 6.79 Å². The maximum atomic E-state index is 5.43. The molecule has 1 atom stereocenters. The summed E-state index contributed by atoms with van der Waals surface area (Å²) in [5, 5.41) is 3.54. The van der Waals surface area contributed by atoms with E-state index in [0.717, 1.165) is 22.5 Å². The van der Waals surface area contributed by atoms with Gasteiger partial charge in [-0.15, -0.1) is 0 Å². The molecule has 21 heavy (non-hydrogen) atoms. The molecule has 4 heteroatoms. The van der Waals surface area contributed by atoms with Crippen LogP contribution in [0.5, 0.6) is 11.5 Å². The summed E-state index contributed by atoms with van der Waals surface area (Å²) < 4.78 is 11.8. The van der Waals surface area contributed by atoms with Crippen LogP contribution < -0.4 is 14.8 Å². The molecule has 110 valence electrons. The fraction of sp³-hybridized carbons (Fsp3) is 0.294. The first-order chi connectivity index (χ1) is 10.1. The molecule has 2 aromatic carbocycles. The Morgan fingerprint density at radius 2 is 1.81 bits per heavy atom. The fourth-order valence-electron chi connectivity index (χ4n) is 2.33. The molecule has 0 saturated carbocycles. The third-order valence-electron chi connectivity index (χ3n) is 3.72. The highest BCUT2D eigenvalue weighted by Crippen LogP contribution is 2.37. The molecule has 0 radical (unpaired) electrons. The smallest absolute Gasteiger partial charge is 0.231 e. The number of hydrogen-bond donors (Lipinski definition) is 1. The Balaban J connectivity index is 1.68. The Labute approximate surface area is 133 Å². The van der Waals surface area contributed by atoms with E-state index in [0.29, 0.717) is 12.8 Å². The lowest BCUT2D eigenvalue weighted by Gasteiger charge is -2.15. The highest BCUT2D eigenvalue weighted by atomic mass is 79.9. The molecule has 0 amide bonds. The van der Waals surface area contributed by atoms with Gasteiger partial charge in [0.05, 0.1) is 0 Å². The normalized spacial score (nSPS) is 14.2. The van der Waals surface area contributed by atoms with Crippen molar-refractivity contribution in [2.24, 2.45) is 0 Å². The van der Waals surface area contributed by atoms with Gasteiger partial charge in [-0.3, -0.25) is 0 Å². The maximum absolute atomic E-state index is 5.43. The van der Waals surface area contributed by atoms with Crippen LogP contribution in [0.15, 0.2) is 40.9 Å². The largest absolute Gasteiger partial charge is 0.454 e. The zero-order valence-corrected chi connectivity index (χ0v) is 13.7. The second kappa shape index (κ2) is 6.08. The fourth-order valence-corrected chi connectivity index (χ4v) is 2.79. The van der Waals surface area contributed by atoms with Gasteiger partial charge in [-0.1, -0.05) is 45.8 Å². The lowest BCUT2D eigenvalue weighted by atomic mass is 10.1. The standard InChI is InChI=1S/C17H18BrNO2/c1-11-3-5-13(6-4-11)12(2)19-9-14-7-16-17(8-15(14)18)21-10-20-16/h3-8,12,19H,9-10H2,1-2H3/t12-/m0/s1. The molecular formula is C17H18BrNO2. The zero-order chi connectivity index (χ0) is 14.8. The molecule has 0 aromatic heterocycles. The second-order valence-corrected chi connectivity index (χ2v) is 6.16. The number of benzene rings is 2. The number of fused-ring (bicyclic) bond motifs is 1. The van der Waals surface area contributed by atoms with Crippen LogP contribution in [-0.4, -0.2) is 6.79 Å². The number of rotatable bonds is 4. The van der Waals surface area contributed by atoms with Crippen molar-refractivity contribution in [2.75, 3.05) is 6.79 Å². The topological polar surface area (TPSA) is 30.5 Å². The molecule has 3 nitrogen and oxygen atoms in total. The molecule has 1 aliphatic heterocycles. The Hall–Kier alpha value is -1.52. The highest BCUT2D eigenvalue weighted by molar-refractivity contribution is 9.10. The van der Waals surface area contributed by atoms with E-state index in [9.17, 15) is 0 Å². The van der Waals surface area contributed by atoms with Gasteiger partial charge in [0.15, 0.2) is 11.5 Å². The summed E-state index contributed by atoms with van der Waals surface area (Å²) in [5.74, 6) is 1.62. The predicted molar refractivity (Wildman–Crippen MR) is 86.7 cm³/mol. The molecule has 1 N–H and O–H groups in total. The lowest BCUT2D eigenvalue weighted by Crippen LogP contribution is -2.18. The average Bonchev–Trinajstić information content (AvgIpc) is 2.92. The number of hydrogen-bond acceptors (Lipinski definition) is 3. The van der Waals surface area contributed by atoms with Crippen molar-refractivity contribution in [3.05, 3.63) is 57.6 Å². The number of halogens is 1. The molecule has 0 saturated heterocycles. The van der Waals surface area contributed by atoms with Crippen molar-refractivity contribution in [2.45, 2.75) is 26.4 Å². The van der Waals surface area contributed by atoms with E-state index in [4.69, 9.17) is 9.47 Å². The summed E-state index contributed by atoms with van der Waals surface area (Å²) in [6.07, 6.45) is 0. The van der Waals surface area contributed by atoms with Gasteiger partial charge < -0.3 is 14.8 Å². The SMILES string of the molecule is Cc1ccc([C@H](C)NCc2cc3c(cc2Br)OCO3)cc1. The molecule has 1 aliphatic rings. The Morgan fingerprint density at radius 1 is 1.14 bits per heavy atom. The van der Waals surface area contributed by atoms with Crippen LogP contribution in [0.1, 0.15) is 29.7 Å². The first-order valence-corrected chi connectivity index (χ1v) is 7.81. The summed E-state index contributed by atoms with van der Waals surface area (Å²) in [7, 11) is 0. The predicted octanol–water partition coefficient (Wildman–Crippen LogP) is 4.34.